The highest BCUT2D eigenvalue weighted by Crippen LogP contribution is 2.19. The first-order chi connectivity index (χ1) is 9.22. The van der Waals surface area contributed by atoms with Crippen molar-refractivity contribution in [2.24, 2.45) is 0 Å². The summed E-state index contributed by atoms with van der Waals surface area (Å²) in [5, 5.41) is 3.45. The van der Waals surface area contributed by atoms with Crippen LogP contribution in [-0.2, 0) is 24.2 Å². The molecule has 2 unspecified atom stereocenters. The van der Waals surface area contributed by atoms with Gasteiger partial charge < -0.3 is 10.1 Å². The van der Waals surface area contributed by atoms with Crippen molar-refractivity contribution in [2.45, 2.75) is 45.5 Å². The van der Waals surface area contributed by atoms with E-state index in [1.54, 1.807) is 0 Å². The van der Waals surface area contributed by atoms with E-state index in [2.05, 4.69) is 42.3 Å². The number of hydrogen-bond donors (Lipinski definition) is 1. The molecule has 2 heterocycles. The number of ether oxygens (including phenoxy) is 1. The van der Waals surface area contributed by atoms with Crippen molar-refractivity contribution in [3.63, 3.8) is 0 Å². The topological polar surface area (TPSA) is 24.5 Å². The molecule has 0 aliphatic carbocycles. The van der Waals surface area contributed by atoms with Crippen LogP contribution in [0.4, 0.5) is 0 Å². The van der Waals surface area contributed by atoms with Gasteiger partial charge in [0.25, 0.3) is 0 Å². The predicted octanol–water partition coefficient (Wildman–Crippen LogP) is 1.94. The van der Waals surface area contributed by atoms with Crippen LogP contribution >= 0.6 is 0 Å². The van der Waals surface area contributed by atoms with E-state index >= 15 is 0 Å². The summed E-state index contributed by atoms with van der Waals surface area (Å²) in [6.07, 6.45) is 1.52. The van der Waals surface area contributed by atoms with Crippen LogP contribution in [0.3, 0.4) is 0 Å². The lowest BCUT2D eigenvalue weighted by Gasteiger charge is -2.37. The van der Waals surface area contributed by atoms with Gasteiger partial charge in [-0.3, -0.25) is 4.90 Å². The smallest absolute Gasteiger partial charge is 0.0674 e. The molecule has 1 N–H and O–H groups in total. The number of hydrogen-bond acceptors (Lipinski definition) is 3. The third-order valence-electron chi connectivity index (χ3n) is 4.28. The fraction of sp³-hybridized carbons (Fsp3) is 0.625. The molecule has 19 heavy (non-hydrogen) atoms. The summed E-state index contributed by atoms with van der Waals surface area (Å²) in [6.45, 7) is 9.50. The van der Waals surface area contributed by atoms with Gasteiger partial charge in [-0.1, -0.05) is 18.2 Å². The lowest BCUT2D eigenvalue weighted by Crippen LogP contribution is -2.46. The third kappa shape index (κ3) is 2.99. The molecule has 3 nitrogen and oxygen atoms in total. The molecule has 2 aliphatic heterocycles. The van der Waals surface area contributed by atoms with Gasteiger partial charge in [0.15, 0.2) is 0 Å². The molecule has 3 rings (SSSR count). The monoisotopic (exact) mass is 260 g/mol. The van der Waals surface area contributed by atoms with Crippen LogP contribution in [0.1, 0.15) is 30.5 Å². The number of rotatable bonds is 2. The number of morpholine rings is 1. The average molecular weight is 260 g/mol. The molecular formula is C16H24N2O. The Kier molecular flexibility index (Phi) is 3.87. The average Bonchev–Trinajstić information content (AvgIpc) is 2.43. The molecule has 2 aliphatic rings. The van der Waals surface area contributed by atoms with Gasteiger partial charge in [-0.25, -0.2) is 0 Å². The molecule has 1 aromatic rings. The Bertz CT molecular complexity index is 446. The lowest BCUT2D eigenvalue weighted by atomic mass is 9.98. The Morgan fingerprint density at radius 3 is 3.11 bits per heavy atom. The van der Waals surface area contributed by atoms with Gasteiger partial charge in [0.2, 0.25) is 0 Å². The number of nitrogens with zero attached hydrogens (tertiary/aromatic N) is 1. The molecule has 0 bridgehead atoms. The standard InChI is InChI=1S/C16H24N2O/c1-12-11-19-13(2)9-18(12)10-14-3-4-15-5-6-17-8-16(15)7-14/h3-4,7,12-13,17H,5-6,8-11H2,1-2H3. The SMILES string of the molecule is CC1CN(Cc2ccc3c(c2)CNCC3)C(C)CO1. The first-order valence-electron chi connectivity index (χ1n) is 7.39. The molecule has 1 saturated heterocycles. The first kappa shape index (κ1) is 13.1. The van der Waals surface area contributed by atoms with Crippen LogP contribution in [0.2, 0.25) is 0 Å². The van der Waals surface area contributed by atoms with Gasteiger partial charge in [-0.05, 0) is 43.5 Å². The summed E-state index contributed by atoms with van der Waals surface area (Å²) >= 11 is 0. The molecule has 3 heteroatoms. The molecular weight excluding hydrogens is 236 g/mol. The van der Waals surface area contributed by atoms with Crippen molar-refractivity contribution in [3.8, 4) is 0 Å². The van der Waals surface area contributed by atoms with E-state index in [0.29, 0.717) is 12.1 Å². The molecule has 0 spiro atoms. The van der Waals surface area contributed by atoms with Gasteiger partial charge in [0, 0.05) is 25.7 Å². The maximum absolute atomic E-state index is 5.70. The highest BCUT2D eigenvalue weighted by atomic mass is 16.5. The van der Waals surface area contributed by atoms with E-state index in [0.717, 1.165) is 32.8 Å². The van der Waals surface area contributed by atoms with E-state index in [4.69, 9.17) is 4.74 Å². The highest BCUT2D eigenvalue weighted by molar-refractivity contribution is 5.33. The van der Waals surface area contributed by atoms with Gasteiger partial charge in [0.05, 0.1) is 12.7 Å². The molecule has 0 aromatic heterocycles. The van der Waals surface area contributed by atoms with Gasteiger partial charge >= 0.3 is 0 Å². The Hall–Kier alpha value is -0.900. The summed E-state index contributed by atoms with van der Waals surface area (Å²) in [6, 6.07) is 7.52. The fourth-order valence-electron chi connectivity index (χ4n) is 3.06. The minimum Gasteiger partial charge on any atom is -0.376 e. The van der Waals surface area contributed by atoms with Gasteiger partial charge in [-0.15, -0.1) is 0 Å². The summed E-state index contributed by atoms with van der Waals surface area (Å²) in [5.41, 5.74) is 4.44. The predicted molar refractivity (Wildman–Crippen MR) is 77.1 cm³/mol. The molecule has 1 fully saturated rings. The Morgan fingerprint density at radius 1 is 1.32 bits per heavy atom. The van der Waals surface area contributed by atoms with Crippen molar-refractivity contribution in [2.75, 3.05) is 19.7 Å². The minimum atomic E-state index is 0.357. The zero-order valence-electron chi connectivity index (χ0n) is 12.0. The van der Waals surface area contributed by atoms with Crippen LogP contribution in [-0.4, -0.2) is 36.7 Å². The van der Waals surface area contributed by atoms with Crippen LogP contribution in [0.5, 0.6) is 0 Å². The molecule has 2 atom stereocenters. The zero-order valence-corrected chi connectivity index (χ0v) is 12.0. The van der Waals surface area contributed by atoms with Crippen molar-refractivity contribution >= 4 is 0 Å². The van der Waals surface area contributed by atoms with E-state index in [1.165, 1.54) is 23.1 Å². The largest absolute Gasteiger partial charge is 0.376 e. The van der Waals surface area contributed by atoms with E-state index in [9.17, 15) is 0 Å². The molecule has 0 radical (unpaired) electrons. The molecule has 1 aromatic carbocycles. The second-order valence-corrected chi connectivity index (χ2v) is 5.95. The summed E-state index contributed by atoms with van der Waals surface area (Å²) in [5.74, 6) is 0. The van der Waals surface area contributed by atoms with Crippen molar-refractivity contribution in [1.82, 2.24) is 10.2 Å². The maximum Gasteiger partial charge on any atom is 0.0674 e. The Labute approximate surface area is 115 Å². The zero-order chi connectivity index (χ0) is 13.2. The van der Waals surface area contributed by atoms with Crippen molar-refractivity contribution < 1.29 is 4.74 Å². The summed E-state index contributed by atoms with van der Waals surface area (Å²) in [4.78, 5) is 2.53. The van der Waals surface area contributed by atoms with E-state index in [-0.39, 0.29) is 0 Å². The fourth-order valence-corrected chi connectivity index (χ4v) is 3.06. The third-order valence-corrected chi connectivity index (χ3v) is 4.28. The maximum atomic E-state index is 5.70. The second kappa shape index (κ2) is 5.61. The molecule has 104 valence electrons. The van der Waals surface area contributed by atoms with Gasteiger partial charge in [-0.2, -0.15) is 0 Å². The molecule has 0 amide bonds. The van der Waals surface area contributed by atoms with Crippen LogP contribution in [0.25, 0.3) is 0 Å². The Morgan fingerprint density at radius 2 is 2.21 bits per heavy atom. The lowest BCUT2D eigenvalue weighted by molar-refractivity contribution is -0.0526. The van der Waals surface area contributed by atoms with Crippen LogP contribution in [0.15, 0.2) is 18.2 Å². The first-order valence-corrected chi connectivity index (χ1v) is 7.39. The Balaban J connectivity index is 1.72. The van der Waals surface area contributed by atoms with E-state index in [1.807, 2.05) is 0 Å². The number of fused-ring (bicyclic) bond motifs is 1. The molecule has 0 saturated carbocycles. The summed E-state index contributed by atoms with van der Waals surface area (Å²) < 4.78 is 5.70. The van der Waals surface area contributed by atoms with Gasteiger partial charge in [0.1, 0.15) is 0 Å². The summed E-state index contributed by atoms with van der Waals surface area (Å²) in [7, 11) is 0. The van der Waals surface area contributed by atoms with Crippen molar-refractivity contribution in [1.29, 1.82) is 0 Å². The normalized spacial score (nSPS) is 28.1. The quantitative estimate of drug-likeness (QED) is 0.879. The van der Waals surface area contributed by atoms with E-state index < -0.39 is 0 Å². The minimum absolute atomic E-state index is 0.357. The number of nitrogens with one attached hydrogen (secondary N) is 1. The van der Waals surface area contributed by atoms with Crippen LogP contribution in [0, 0.1) is 0 Å². The van der Waals surface area contributed by atoms with Crippen LogP contribution < -0.4 is 5.32 Å². The highest BCUT2D eigenvalue weighted by Gasteiger charge is 2.23. The van der Waals surface area contributed by atoms with Crippen molar-refractivity contribution in [3.05, 3.63) is 34.9 Å². The number of benzene rings is 1. The second-order valence-electron chi connectivity index (χ2n) is 5.95.